The number of fused-ring (bicyclic) bond motifs is 1. The lowest BCUT2D eigenvalue weighted by Gasteiger charge is -2.05. The molecule has 0 saturated heterocycles. The number of alkyl halides is 3. The first-order chi connectivity index (χ1) is 13.8. The van der Waals surface area contributed by atoms with Crippen molar-refractivity contribution in [3.63, 3.8) is 0 Å². The Balaban J connectivity index is 1.64. The number of nitrogens with one attached hydrogen (secondary N) is 1. The van der Waals surface area contributed by atoms with E-state index < -0.39 is 17.6 Å². The third-order valence-electron chi connectivity index (χ3n) is 4.45. The molecule has 0 unspecified atom stereocenters. The molecule has 0 aliphatic carbocycles. The van der Waals surface area contributed by atoms with Crippen LogP contribution in [-0.2, 0) is 6.18 Å². The molecule has 7 heteroatoms. The zero-order chi connectivity index (χ0) is 20.6. The van der Waals surface area contributed by atoms with Gasteiger partial charge in [-0.05, 0) is 35.9 Å². The number of halogens is 4. The fraction of sp³-hybridized carbons (Fsp3) is 0.0455. The van der Waals surface area contributed by atoms with Crippen LogP contribution in [0.25, 0.3) is 34.3 Å². The van der Waals surface area contributed by atoms with Crippen LogP contribution in [0.1, 0.15) is 17.0 Å². The number of H-pyrrole nitrogens is 1. The molecule has 0 bridgehead atoms. The molecule has 4 aromatic rings. The van der Waals surface area contributed by atoms with Crippen molar-refractivity contribution in [2.75, 3.05) is 0 Å². The Bertz CT molecular complexity index is 1210. The van der Waals surface area contributed by atoms with Crippen LogP contribution >= 0.6 is 0 Å². The number of para-hydroxylation sites is 1. The molecule has 4 rings (SSSR count). The first-order valence-corrected chi connectivity index (χ1v) is 8.64. The summed E-state index contributed by atoms with van der Waals surface area (Å²) in [6, 6.07) is 14.0. The molecule has 0 amide bonds. The number of rotatable bonds is 3. The summed E-state index contributed by atoms with van der Waals surface area (Å²) in [5.41, 5.74) is 1.40. The number of benzene rings is 3. The smallest absolute Gasteiger partial charge is 0.416 e. The molecule has 1 heterocycles. The highest BCUT2D eigenvalue weighted by Crippen LogP contribution is 2.33. The van der Waals surface area contributed by atoms with E-state index in [0.717, 1.165) is 12.1 Å². The minimum absolute atomic E-state index is 0.0382. The summed E-state index contributed by atoms with van der Waals surface area (Å²) in [4.78, 5) is 7.33. The Kier molecular flexibility index (Phi) is 4.58. The molecule has 0 aliphatic heterocycles. The van der Waals surface area contributed by atoms with Crippen molar-refractivity contribution in [2.24, 2.45) is 0 Å². The summed E-state index contributed by atoms with van der Waals surface area (Å²) in [5.74, 6) is -0.127. The second-order valence-corrected chi connectivity index (χ2v) is 6.44. The summed E-state index contributed by atoms with van der Waals surface area (Å²) in [6.45, 7) is 0. The fourth-order valence-electron chi connectivity index (χ4n) is 3.00. The van der Waals surface area contributed by atoms with Crippen molar-refractivity contribution in [1.29, 1.82) is 0 Å². The maximum atomic E-state index is 14.5. The zero-order valence-corrected chi connectivity index (χ0v) is 14.8. The van der Waals surface area contributed by atoms with E-state index in [4.69, 9.17) is 0 Å². The molecule has 2 N–H and O–H groups in total. The molecule has 0 atom stereocenters. The summed E-state index contributed by atoms with van der Waals surface area (Å²) < 4.78 is 52.4. The van der Waals surface area contributed by atoms with Gasteiger partial charge in [-0.1, -0.05) is 36.4 Å². The van der Waals surface area contributed by atoms with Gasteiger partial charge in [0.1, 0.15) is 17.4 Å². The molecule has 3 aromatic carbocycles. The van der Waals surface area contributed by atoms with E-state index in [1.165, 1.54) is 30.3 Å². The van der Waals surface area contributed by atoms with E-state index >= 15 is 0 Å². The van der Waals surface area contributed by atoms with E-state index in [0.29, 0.717) is 28.0 Å². The van der Waals surface area contributed by atoms with Gasteiger partial charge in [0, 0.05) is 17.2 Å². The van der Waals surface area contributed by atoms with Crippen molar-refractivity contribution in [3.8, 4) is 16.9 Å². The Hall–Kier alpha value is -3.61. The highest BCUT2D eigenvalue weighted by molar-refractivity contribution is 5.85. The molecule has 0 spiro atoms. The summed E-state index contributed by atoms with van der Waals surface area (Å²) in [5, 5.41) is 9.97. The fourth-order valence-corrected chi connectivity index (χ4v) is 3.00. The van der Waals surface area contributed by atoms with Gasteiger partial charge in [0.2, 0.25) is 0 Å². The molecule has 29 heavy (non-hydrogen) atoms. The molecule has 0 radical (unpaired) electrons. The molecule has 0 fully saturated rings. The van der Waals surface area contributed by atoms with Crippen LogP contribution in [0, 0.1) is 5.82 Å². The first kappa shape index (κ1) is 18.7. The number of hydrogen-bond acceptors (Lipinski definition) is 2. The zero-order valence-electron chi connectivity index (χ0n) is 14.8. The largest absolute Gasteiger partial charge is 0.507 e. The Morgan fingerprint density at radius 1 is 0.897 bits per heavy atom. The van der Waals surface area contributed by atoms with Crippen molar-refractivity contribution < 1.29 is 22.7 Å². The summed E-state index contributed by atoms with van der Waals surface area (Å²) >= 11 is 0. The average molecular weight is 398 g/mol. The molecule has 3 nitrogen and oxygen atoms in total. The van der Waals surface area contributed by atoms with Gasteiger partial charge >= 0.3 is 6.18 Å². The monoisotopic (exact) mass is 398 g/mol. The van der Waals surface area contributed by atoms with Gasteiger partial charge in [-0.3, -0.25) is 0 Å². The van der Waals surface area contributed by atoms with Crippen molar-refractivity contribution >= 4 is 23.2 Å². The van der Waals surface area contributed by atoms with Gasteiger partial charge in [-0.25, -0.2) is 9.37 Å². The van der Waals surface area contributed by atoms with Crippen LogP contribution in [0.15, 0.2) is 60.7 Å². The van der Waals surface area contributed by atoms with E-state index in [-0.39, 0.29) is 11.3 Å². The maximum Gasteiger partial charge on any atom is 0.416 e. The molecular formula is C22H14F4N2O. The van der Waals surface area contributed by atoms with Crippen LogP contribution in [-0.4, -0.2) is 15.1 Å². The Morgan fingerprint density at radius 3 is 2.31 bits per heavy atom. The molecule has 146 valence electrons. The summed E-state index contributed by atoms with van der Waals surface area (Å²) in [6.07, 6.45) is -1.17. The normalized spacial score (nSPS) is 12.1. The third kappa shape index (κ3) is 3.85. The SMILES string of the molecule is Oc1ccccc1-c1cc2nc(C=Cc3ccc(C(F)(F)F)cc3)[nH]c2cc1F. The molecule has 0 aliphatic rings. The highest BCUT2D eigenvalue weighted by atomic mass is 19.4. The standard InChI is InChI=1S/C22H14F4N2O/c23-17-12-19-18(11-16(17)15-3-1-2-4-20(15)29)27-21(28-19)10-7-13-5-8-14(9-6-13)22(24,25)26/h1-12,29H,(H,27,28). The lowest BCUT2D eigenvalue weighted by atomic mass is 10.0. The van der Waals surface area contributed by atoms with Crippen LogP contribution < -0.4 is 0 Å². The second kappa shape index (κ2) is 7.09. The highest BCUT2D eigenvalue weighted by Gasteiger charge is 2.29. The molecule has 1 aromatic heterocycles. The number of aromatic amines is 1. The van der Waals surface area contributed by atoms with Crippen molar-refractivity contribution in [2.45, 2.75) is 6.18 Å². The number of phenols is 1. The summed E-state index contributed by atoms with van der Waals surface area (Å²) in [7, 11) is 0. The van der Waals surface area contributed by atoms with Crippen molar-refractivity contribution in [1.82, 2.24) is 9.97 Å². The minimum Gasteiger partial charge on any atom is -0.507 e. The predicted molar refractivity (Wildman–Crippen MR) is 104 cm³/mol. The lowest BCUT2D eigenvalue weighted by molar-refractivity contribution is -0.137. The number of aromatic hydroxyl groups is 1. The van der Waals surface area contributed by atoms with E-state index in [9.17, 15) is 22.7 Å². The van der Waals surface area contributed by atoms with Gasteiger partial charge < -0.3 is 10.1 Å². The van der Waals surface area contributed by atoms with Gasteiger partial charge in [-0.15, -0.1) is 0 Å². The van der Waals surface area contributed by atoms with Crippen molar-refractivity contribution in [3.05, 3.63) is 83.4 Å². The van der Waals surface area contributed by atoms with E-state index in [1.54, 1.807) is 30.4 Å². The first-order valence-electron chi connectivity index (χ1n) is 8.64. The van der Waals surface area contributed by atoms with Crippen LogP contribution in [0.3, 0.4) is 0 Å². The Labute approximate surface area is 163 Å². The van der Waals surface area contributed by atoms with Gasteiger partial charge in [0.05, 0.1) is 16.6 Å². The molecule has 0 saturated carbocycles. The third-order valence-corrected chi connectivity index (χ3v) is 4.45. The van der Waals surface area contributed by atoms with Gasteiger partial charge in [-0.2, -0.15) is 13.2 Å². The predicted octanol–water partition coefficient (Wildman–Crippen LogP) is 6.26. The number of nitrogens with zero attached hydrogens (tertiary/aromatic N) is 1. The van der Waals surface area contributed by atoms with Gasteiger partial charge in [0.25, 0.3) is 0 Å². The average Bonchev–Trinajstić information content (AvgIpc) is 3.07. The number of imidazole rings is 1. The lowest BCUT2D eigenvalue weighted by Crippen LogP contribution is -2.03. The minimum atomic E-state index is -4.38. The number of aromatic nitrogens is 2. The van der Waals surface area contributed by atoms with Crippen LogP contribution in [0.4, 0.5) is 17.6 Å². The maximum absolute atomic E-state index is 14.5. The van der Waals surface area contributed by atoms with E-state index in [1.807, 2.05) is 0 Å². The van der Waals surface area contributed by atoms with E-state index in [2.05, 4.69) is 9.97 Å². The second-order valence-electron chi connectivity index (χ2n) is 6.44. The number of hydrogen-bond donors (Lipinski definition) is 2. The Morgan fingerprint density at radius 2 is 1.62 bits per heavy atom. The number of phenolic OH excluding ortho intramolecular Hbond substituents is 1. The molecular weight excluding hydrogens is 384 g/mol. The van der Waals surface area contributed by atoms with Gasteiger partial charge in [0.15, 0.2) is 0 Å². The quantitative estimate of drug-likeness (QED) is 0.400. The van der Waals surface area contributed by atoms with Crippen LogP contribution in [0.2, 0.25) is 0 Å². The topological polar surface area (TPSA) is 48.9 Å². The van der Waals surface area contributed by atoms with Crippen LogP contribution in [0.5, 0.6) is 5.75 Å².